The van der Waals surface area contributed by atoms with Gasteiger partial charge in [-0.25, -0.2) is 0 Å². The van der Waals surface area contributed by atoms with Gasteiger partial charge in [0, 0.05) is 5.02 Å². The molecule has 2 amide bonds. The minimum Gasteiger partial charge on any atom is -0.478 e. The molecule has 0 aromatic heterocycles. The molecule has 0 bridgehead atoms. The second kappa shape index (κ2) is 9.11. The Balaban J connectivity index is 1.71. The van der Waals surface area contributed by atoms with Crippen molar-refractivity contribution in [2.45, 2.75) is 18.2 Å². The summed E-state index contributed by atoms with van der Waals surface area (Å²) in [5, 5.41) is 0.383. The van der Waals surface area contributed by atoms with E-state index in [0.29, 0.717) is 27.2 Å². The number of nitrogens with zero attached hydrogens (tertiary/aromatic N) is 1. The zero-order valence-corrected chi connectivity index (χ0v) is 17.5. The van der Waals surface area contributed by atoms with E-state index in [0.717, 1.165) is 22.9 Å². The molecule has 0 saturated carbocycles. The van der Waals surface area contributed by atoms with Crippen LogP contribution in [0.1, 0.15) is 11.1 Å². The minimum absolute atomic E-state index is 0.0455. The Morgan fingerprint density at radius 2 is 1.71 bits per heavy atom. The Morgan fingerprint density at radius 3 is 2.32 bits per heavy atom. The summed E-state index contributed by atoms with van der Waals surface area (Å²) in [4.78, 5) is 26.3. The molecule has 2 aromatic rings. The fourth-order valence-electron chi connectivity index (χ4n) is 2.74. The SMILES string of the molecule is C#CCOc1c(Cl)cc(C[C@H]2SC(=O)N(Cc3ccc(Cl)cc3)C2=O)cc1Cl. The molecular weight excluding hydrogens is 441 g/mol. The minimum atomic E-state index is -0.538. The fourth-order valence-corrected chi connectivity index (χ4v) is 4.54. The molecule has 2 aromatic carbocycles. The highest BCUT2D eigenvalue weighted by Crippen LogP contribution is 2.37. The summed E-state index contributed by atoms with van der Waals surface area (Å²) >= 11 is 19.3. The maximum Gasteiger partial charge on any atom is 0.289 e. The number of rotatable bonds is 6. The van der Waals surface area contributed by atoms with Crippen LogP contribution in [-0.2, 0) is 17.8 Å². The Bertz CT molecular complexity index is 933. The van der Waals surface area contributed by atoms with Gasteiger partial charge in [0.15, 0.2) is 5.75 Å². The largest absolute Gasteiger partial charge is 0.478 e. The van der Waals surface area contributed by atoms with E-state index in [1.54, 1.807) is 36.4 Å². The van der Waals surface area contributed by atoms with Crippen molar-refractivity contribution in [3.8, 4) is 18.1 Å². The van der Waals surface area contributed by atoms with Crippen molar-refractivity contribution >= 4 is 57.7 Å². The maximum atomic E-state index is 12.7. The van der Waals surface area contributed by atoms with Crippen LogP contribution in [0.4, 0.5) is 4.79 Å². The van der Waals surface area contributed by atoms with Crippen molar-refractivity contribution in [1.82, 2.24) is 4.90 Å². The molecule has 0 unspecified atom stereocenters. The highest BCUT2D eigenvalue weighted by Gasteiger charge is 2.39. The lowest BCUT2D eigenvalue weighted by atomic mass is 10.1. The van der Waals surface area contributed by atoms with Crippen molar-refractivity contribution < 1.29 is 14.3 Å². The van der Waals surface area contributed by atoms with Crippen molar-refractivity contribution in [2.75, 3.05) is 6.61 Å². The van der Waals surface area contributed by atoms with E-state index in [1.807, 2.05) is 0 Å². The third-order valence-corrected chi connectivity index (χ3v) is 5.93. The molecule has 1 saturated heterocycles. The van der Waals surface area contributed by atoms with Crippen molar-refractivity contribution in [3.63, 3.8) is 0 Å². The second-order valence-corrected chi connectivity index (χ2v) is 8.41. The molecule has 1 fully saturated rings. The van der Waals surface area contributed by atoms with Crippen molar-refractivity contribution in [3.05, 3.63) is 62.6 Å². The number of terminal acetylenes is 1. The van der Waals surface area contributed by atoms with Gasteiger partial charge in [0.05, 0.1) is 21.8 Å². The van der Waals surface area contributed by atoms with Crippen molar-refractivity contribution in [1.29, 1.82) is 0 Å². The van der Waals surface area contributed by atoms with Gasteiger partial charge in [-0.2, -0.15) is 0 Å². The van der Waals surface area contributed by atoms with E-state index >= 15 is 0 Å². The Labute approximate surface area is 182 Å². The van der Waals surface area contributed by atoms with Crippen LogP contribution in [0.15, 0.2) is 36.4 Å². The second-order valence-electron chi connectivity index (χ2n) is 6.01. The lowest BCUT2D eigenvalue weighted by Crippen LogP contribution is -2.31. The monoisotopic (exact) mass is 453 g/mol. The zero-order valence-electron chi connectivity index (χ0n) is 14.5. The predicted molar refractivity (Wildman–Crippen MR) is 113 cm³/mol. The topological polar surface area (TPSA) is 46.6 Å². The maximum absolute atomic E-state index is 12.7. The number of ether oxygens (including phenoxy) is 1. The molecule has 1 aliphatic rings. The molecule has 28 heavy (non-hydrogen) atoms. The van der Waals surface area contributed by atoms with Gasteiger partial charge >= 0.3 is 0 Å². The number of imide groups is 1. The van der Waals surface area contributed by atoms with E-state index in [2.05, 4.69) is 5.92 Å². The van der Waals surface area contributed by atoms with Crippen LogP contribution >= 0.6 is 46.6 Å². The van der Waals surface area contributed by atoms with Crippen LogP contribution in [0, 0.1) is 12.3 Å². The summed E-state index contributed by atoms with van der Waals surface area (Å²) < 4.78 is 5.33. The number of thioether (sulfide) groups is 1. The third-order valence-electron chi connectivity index (χ3n) is 4.04. The van der Waals surface area contributed by atoms with Crippen LogP contribution in [-0.4, -0.2) is 27.9 Å². The van der Waals surface area contributed by atoms with Gasteiger partial charge in [0.1, 0.15) is 6.61 Å². The van der Waals surface area contributed by atoms with Crippen LogP contribution in [0.3, 0.4) is 0 Å². The highest BCUT2D eigenvalue weighted by molar-refractivity contribution is 8.15. The van der Waals surface area contributed by atoms with Crippen LogP contribution in [0.25, 0.3) is 0 Å². The Kier molecular flexibility index (Phi) is 6.79. The Hall–Kier alpha value is -1.84. The summed E-state index contributed by atoms with van der Waals surface area (Å²) in [5.74, 6) is 2.40. The first-order chi connectivity index (χ1) is 13.4. The number of carbonyl (C=O) groups excluding carboxylic acids is 2. The average Bonchev–Trinajstić information content (AvgIpc) is 2.90. The van der Waals surface area contributed by atoms with E-state index in [-0.39, 0.29) is 24.3 Å². The lowest BCUT2D eigenvalue weighted by Gasteiger charge is -2.15. The van der Waals surface area contributed by atoms with Crippen LogP contribution in [0.2, 0.25) is 15.1 Å². The molecule has 0 N–H and O–H groups in total. The summed E-state index contributed by atoms with van der Waals surface area (Å²) in [6.07, 6.45) is 5.50. The van der Waals surface area contributed by atoms with Crippen molar-refractivity contribution in [2.24, 2.45) is 0 Å². The zero-order chi connectivity index (χ0) is 20.3. The molecule has 1 aliphatic heterocycles. The lowest BCUT2D eigenvalue weighted by molar-refractivity contribution is -0.127. The fraction of sp³-hybridized carbons (Fsp3) is 0.200. The quantitative estimate of drug-likeness (QED) is 0.543. The number of benzene rings is 2. The van der Waals surface area contributed by atoms with Gasteiger partial charge in [0.2, 0.25) is 5.91 Å². The number of halogens is 3. The third kappa shape index (κ3) is 4.76. The van der Waals surface area contributed by atoms with E-state index in [4.69, 9.17) is 46.0 Å². The summed E-state index contributed by atoms with van der Waals surface area (Å²) in [7, 11) is 0. The Morgan fingerprint density at radius 1 is 1.07 bits per heavy atom. The summed E-state index contributed by atoms with van der Waals surface area (Å²) in [6, 6.07) is 10.4. The number of hydrogen-bond donors (Lipinski definition) is 0. The summed E-state index contributed by atoms with van der Waals surface area (Å²) in [5.41, 5.74) is 1.56. The van der Waals surface area contributed by atoms with Gasteiger partial charge in [0.25, 0.3) is 5.24 Å². The highest BCUT2D eigenvalue weighted by atomic mass is 35.5. The van der Waals surface area contributed by atoms with E-state index < -0.39 is 5.25 Å². The molecule has 1 heterocycles. The average molecular weight is 455 g/mol. The molecule has 8 heteroatoms. The number of carbonyl (C=O) groups is 2. The molecule has 0 spiro atoms. The van der Waals surface area contributed by atoms with Gasteiger partial charge in [-0.3, -0.25) is 14.5 Å². The van der Waals surface area contributed by atoms with Gasteiger partial charge in [-0.05, 0) is 41.8 Å². The molecule has 0 aliphatic carbocycles. The molecule has 3 rings (SSSR count). The molecule has 1 atom stereocenters. The standard InChI is InChI=1S/C20H14Cl3NO3S/c1-2-7-27-18-15(22)8-13(9-16(18)23)10-17-19(25)24(20(26)28-17)11-12-3-5-14(21)6-4-12/h1,3-6,8-9,17H,7,10-11H2/t17-/m1/s1. The normalized spacial score (nSPS) is 16.4. The van der Waals surface area contributed by atoms with Gasteiger partial charge in [-0.1, -0.05) is 64.6 Å². The number of amides is 2. The van der Waals surface area contributed by atoms with E-state index in [9.17, 15) is 9.59 Å². The predicted octanol–water partition coefficient (Wildman–Crippen LogP) is 5.47. The molecule has 0 radical (unpaired) electrons. The van der Waals surface area contributed by atoms with Gasteiger partial charge < -0.3 is 4.74 Å². The number of hydrogen-bond acceptors (Lipinski definition) is 4. The molecule has 4 nitrogen and oxygen atoms in total. The molecular formula is C20H14Cl3NO3S. The van der Waals surface area contributed by atoms with Gasteiger partial charge in [-0.15, -0.1) is 6.42 Å². The first kappa shape index (κ1) is 20.9. The first-order valence-electron chi connectivity index (χ1n) is 8.19. The molecule has 144 valence electrons. The first-order valence-corrected chi connectivity index (χ1v) is 10.2. The smallest absolute Gasteiger partial charge is 0.289 e. The van der Waals surface area contributed by atoms with E-state index in [1.165, 1.54) is 4.90 Å². The van der Waals surface area contributed by atoms with Crippen LogP contribution < -0.4 is 4.74 Å². The summed E-state index contributed by atoms with van der Waals surface area (Å²) in [6.45, 7) is 0.253. The van der Waals surface area contributed by atoms with Crippen LogP contribution in [0.5, 0.6) is 5.75 Å².